The van der Waals surface area contributed by atoms with Gasteiger partial charge in [-0.25, -0.2) is 9.97 Å². The second-order valence-electron chi connectivity index (χ2n) is 9.60. The van der Waals surface area contributed by atoms with Crippen LogP contribution in [0.2, 0.25) is 0 Å². The van der Waals surface area contributed by atoms with Gasteiger partial charge in [0.1, 0.15) is 6.61 Å². The molecule has 0 aliphatic carbocycles. The highest BCUT2D eigenvalue weighted by Crippen LogP contribution is 2.27. The smallest absolute Gasteiger partial charge is 0.274 e. The zero-order chi connectivity index (χ0) is 26.3. The van der Waals surface area contributed by atoms with Crippen LogP contribution in [0.1, 0.15) is 31.3 Å². The van der Waals surface area contributed by atoms with Gasteiger partial charge in [-0.1, -0.05) is 12.1 Å². The van der Waals surface area contributed by atoms with Gasteiger partial charge in [-0.2, -0.15) is 0 Å². The van der Waals surface area contributed by atoms with E-state index in [2.05, 4.69) is 15.0 Å². The van der Waals surface area contributed by atoms with E-state index in [1.807, 2.05) is 66.8 Å². The number of anilines is 1. The number of hydrogen-bond donors (Lipinski definition) is 1. The number of carbonyl (C=O) groups excluding carboxylic acids is 1. The Morgan fingerprint density at radius 2 is 1.89 bits per heavy atom. The maximum absolute atomic E-state index is 13.0. The lowest BCUT2D eigenvalue weighted by Gasteiger charge is -2.39. The third-order valence-electron chi connectivity index (χ3n) is 7.13. The maximum atomic E-state index is 13.0. The molecule has 2 atom stereocenters. The Morgan fingerprint density at radius 1 is 1.14 bits per heavy atom. The second-order valence-corrected chi connectivity index (χ2v) is 9.60. The highest BCUT2D eigenvalue weighted by molar-refractivity contribution is 5.84. The number of aromatic nitrogens is 5. The number of aliphatic hydroxyl groups is 1. The number of nitrogens with zero attached hydrogens (tertiary/aromatic N) is 7. The molecule has 3 aromatic heterocycles. The summed E-state index contributed by atoms with van der Waals surface area (Å²) in [5.41, 5.74) is 4.34. The van der Waals surface area contributed by atoms with E-state index < -0.39 is 6.61 Å². The van der Waals surface area contributed by atoms with Crippen molar-refractivity contribution in [2.45, 2.75) is 32.9 Å². The molecule has 1 aromatic carbocycles. The summed E-state index contributed by atoms with van der Waals surface area (Å²) in [4.78, 5) is 42.5. The van der Waals surface area contributed by atoms with Crippen molar-refractivity contribution in [1.29, 1.82) is 0 Å². The van der Waals surface area contributed by atoms with Gasteiger partial charge in [0.25, 0.3) is 5.56 Å². The lowest BCUT2D eigenvalue weighted by molar-refractivity contribution is -0.136. The van der Waals surface area contributed by atoms with Gasteiger partial charge in [-0.05, 0) is 50.6 Å². The number of benzene rings is 1. The Kier molecular flexibility index (Phi) is 6.51. The van der Waals surface area contributed by atoms with Gasteiger partial charge >= 0.3 is 0 Å². The summed E-state index contributed by atoms with van der Waals surface area (Å²) < 4.78 is 3.62. The van der Waals surface area contributed by atoms with Crippen LogP contribution in [0.5, 0.6) is 0 Å². The molecule has 4 heterocycles. The van der Waals surface area contributed by atoms with Gasteiger partial charge in [-0.15, -0.1) is 0 Å². The van der Waals surface area contributed by atoms with Gasteiger partial charge in [0.15, 0.2) is 0 Å². The molecule has 5 rings (SSSR count). The van der Waals surface area contributed by atoms with E-state index in [0.717, 1.165) is 28.0 Å². The molecule has 1 aliphatic rings. The van der Waals surface area contributed by atoms with Crippen molar-refractivity contribution in [3.05, 3.63) is 70.5 Å². The average Bonchev–Trinajstić information content (AvgIpc) is 3.16. The molecular formula is C27H31N7O3. The second kappa shape index (κ2) is 9.78. The van der Waals surface area contributed by atoms with Gasteiger partial charge in [0, 0.05) is 56.4 Å². The van der Waals surface area contributed by atoms with Gasteiger partial charge in [0.05, 0.1) is 22.6 Å². The van der Waals surface area contributed by atoms with Crippen molar-refractivity contribution in [1.82, 2.24) is 29.2 Å². The van der Waals surface area contributed by atoms with E-state index in [1.165, 1.54) is 0 Å². The summed E-state index contributed by atoms with van der Waals surface area (Å²) in [7, 11) is 1.78. The molecule has 192 valence electrons. The van der Waals surface area contributed by atoms with Gasteiger partial charge in [0.2, 0.25) is 11.9 Å². The van der Waals surface area contributed by atoms with E-state index in [9.17, 15) is 14.7 Å². The van der Waals surface area contributed by atoms with Crippen LogP contribution in [-0.2, 0) is 11.8 Å². The number of amides is 1. The predicted molar refractivity (Wildman–Crippen MR) is 141 cm³/mol. The van der Waals surface area contributed by atoms with E-state index >= 15 is 0 Å². The summed E-state index contributed by atoms with van der Waals surface area (Å²) in [5.74, 6) is 0.342. The molecule has 10 heteroatoms. The number of hydrogen-bond acceptors (Lipinski definition) is 7. The fourth-order valence-corrected chi connectivity index (χ4v) is 5.14. The van der Waals surface area contributed by atoms with Crippen molar-refractivity contribution in [3.8, 4) is 11.1 Å². The molecule has 1 aliphatic heterocycles. The summed E-state index contributed by atoms with van der Waals surface area (Å²) in [6.07, 6.45) is 3.58. The van der Waals surface area contributed by atoms with Crippen molar-refractivity contribution >= 4 is 22.8 Å². The van der Waals surface area contributed by atoms with Crippen LogP contribution in [-0.4, -0.2) is 72.5 Å². The van der Waals surface area contributed by atoms with Gasteiger partial charge in [-0.3, -0.25) is 23.9 Å². The van der Waals surface area contributed by atoms with Crippen LogP contribution in [0.25, 0.3) is 22.0 Å². The lowest BCUT2D eigenvalue weighted by atomic mass is 10.1. The highest BCUT2D eigenvalue weighted by atomic mass is 16.3. The Morgan fingerprint density at radius 3 is 2.57 bits per heavy atom. The normalized spacial score (nSPS) is 16.8. The first-order chi connectivity index (χ1) is 17.8. The van der Waals surface area contributed by atoms with Crippen molar-refractivity contribution in [2.75, 3.05) is 31.1 Å². The average molecular weight is 502 g/mol. The molecule has 1 N–H and O–H groups in total. The summed E-state index contributed by atoms with van der Waals surface area (Å²) >= 11 is 0. The molecule has 10 nitrogen and oxygen atoms in total. The van der Waals surface area contributed by atoms with Crippen molar-refractivity contribution in [2.24, 2.45) is 7.05 Å². The first kappa shape index (κ1) is 24.6. The zero-order valence-electron chi connectivity index (χ0n) is 21.5. The number of rotatable bonds is 5. The largest absolute Gasteiger partial charge is 0.387 e. The third kappa shape index (κ3) is 4.48. The Labute approximate surface area is 214 Å². The van der Waals surface area contributed by atoms with Crippen LogP contribution < -0.4 is 10.5 Å². The molecule has 0 bridgehead atoms. The minimum Gasteiger partial charge on any atom is -0.387 e. The fraction of sp³-hybridized carbons (Fsp3) is 0.370. The first-order valence-electron chi connectivity index (χ1n) is 12.4. The number of aryl methyl sites for hydroxylation is 1. The van der Waals surface area contributed by atoms with E-state index in [4.69, 9.17) is 0 Å². The lowest BCUT2D eigenvalue weighted by Crippen LogP contribution is -2.55. The number of fused-ring (bicyclic) bond motifs is 1. The molecule has 2 unspecified atom stereocenters. The molecule has 1 fully saturated rings. The number of piperazine rings is 1. The Balaban J connectivity index is 1.44. The molecule has 4 aromatic rings. The quantitative estimate of drug-likeness (QED) is 0.446. The van der Waals surface area contributed by atoms with E-state index in [-0.39, 0.29) is 23.6 Å². The maximum Gasteiger partial charge on any atom is 0.274 e. The minimum atomic E-state index is -0.477. The molecule has 0 radical (unpaired) electrons. The minimum absolute atomic E-state index is 0.0428. The van der Waals surface area contributed by atoms with Crippen LogP contribution in [0, 0.1) is 6.92 Å². The van der Waals surface area contributed by atoms with E-state index in [1.54, 1.807) is 29.0 Å². The molecule has 37 heavy (non-hydrogen) atoms. The zero-order valence-corrected chi connectivity index (χ0v) is 21.5. The number of aliphatic hydroxyl groups excluding tert-OH is 1. The molecule has 0 spiro atoms. The summed E-state index contributed by atoms with van der Waals surface area (Å²) in [6, 6.07) is 11.5. The molecule has 0 saturated carbocycles. The summed E-state index contributed by atoms with van der Waals surface area (Å²) in [6.45, 7) is 7.19. The third-order valence-corrected chi connectivity index (χ3v) is 7.13. The fourth-order valence-electron chi connectivity index (χ4n) is 5.14. The topological polar surface area (TPSA) is 109 Å². The first-order valence-corrected chi connectivity index (χ1v) is 12.4. The Hall–Kier alpha value is -4.05. The number of carbonyl (C=O) groups is 1. The monoisotopic (exact) mass is 501 g/mol. The van der Waals surface area contributed by atoms with Gasteiger partial charge < -0.3 is 14.9 Å². The Bertz CT molecular complexity index is 1510. The molecule has 1 amide bonds. The SMILES string of the molecule is Cc1cccc(C(C)n2c3cc(-c4cnc(N5CCN(C(=O)CO)C(C)C5)nc4)ccc3c(=O)n2C)n1. The van der Waals surface area contributed by atoms with E-state index in [0.29, 0.717) is 31.0 Å². The molecular weight excluding hydrogens is 470 g/mol. The molecule has 1 saturated heterocycles. The predicted octanol–water partition coefficient (Wildman–Crippen LogP) is 2.14. The van der Waals surface area contributed by atoms with Crippen LogP contribution in [0.4, 0.5) is 5.95 Å². The van der Waals surface area contributed by atoms with Crippen LogP contribution in [0.3, 0.4) is 0 Å². The number of pyridine rings is 1. The van der Waals surface area contributed by atoms with Crippen LogP contribution in [0.15, 0.2) is 53.6 Å². The standard InChI is InChI=1S/C27H31N7O3/c1-17-6-5-7-23(30-17)19(3)34-24-12-20(8-9-22(24)26(37)31(34)4)21-13-28-27(29-14-21)32-10-11-33(18(2)15-32)25(36)16-35/h5-9,12-14,18-19,35H,10-11,15-16H2,1-4H3. The van der Waals surface area contributed by atoms with Crippen LogP contribution >= 0.6 is 0 Å². The summed E-state index contributed by atoms with van der Waals surface area (Å²) in [5, 5.41) is 9.82. The van der Waals surface area contributed by atoms with Crippen molar-refractivity contribution in [3.63, 3.8) is 0 Å². The highest BCUT2D eigenvalue weighted by Gasteiger charge is 2.28. The van der Waals surface area contributed by atoms with Crippen molar-refractivity contribution < 1.29 is 9.90 Å².